The molecule has 4 aliphatic rings. The maximum absolute atomic E-state index is 14.6. The molecule has 2 unspecified atom stereocenters. The molecule has 11 nitrogen and oxygen atoms in total. The van der Waals surface area contributed by atoms with Gasteiger partial charge in [0.25, 0.3) is 11.8 Å². The zero-order chi connectivity index (χ0) is 37.9. The van der Waals surface area contributed by atoms with Crippen molar-refractivity contribution in [2.75, 3.05) is 27.2 Å². The van der Waals surface area contributed by atoms with E-state index in [1.807, 2.05) is 34.7 Å². The van der Waals surface area contributed by atoms with Crippen LogP contribution < -0.4 is 9.46 Å². The van der Waals surface area contributed by atoms with Gasteiger partial charge < -0.3 is 14.2 Å². The van der Waals surface area contributed by atoms with Crippen molar-refractivity contribution in [2.24, 2.45) is 0 Å². The summed E-state index contributed by atoms with van der Waals surface area (Å²) in [6, 6.07) is 12.6. The molecule has 1 aliphatic carbocycles. The fraction of sp³-hybridized carbons (Fsp3) is 0.500. The SMILES string of the molecule is CCn1ncc(C(=O)N2CCC3CCC(C2)N3C)c1C1=Cc2cc(OC)ccc2-c2c(C3CCCCC3)c3ccc(C(=O)NS(=O)(=O)C(C)C)cc3n2C1. The number of amides is 2. The number of carbonyl (C=O) groups excluding carboxylic acids is 2. The van der Waals surface area contributed by atoms with Gasteiger partial charge in [-0.3, -0.25) is 19.2 Å². The van der Waals surface area contributed by atoms with Gasteiger partial charge in [-0.25, -0.2) is 13.1 Å². The number of carbonyl (C=O) groups is 2. The predicted octanol–water partition coefficient (Wildman–Crippen LogP) is 6.91. The third kappa shape index (κ3) is 6.34. The summed E-state index contributed by atoms with van der Waals surface area (Å²) in [6.45, 7) is 7.58. The topological polar surface area (TPSA) is 119 Å². The second kappa shape index (κ2) is 14.3. The molecule has 3 fully saturated rings. The van der Waals surface area contributed by atoms with Gasteiger partial charge in [-0.2, -0.15) is 5.10 Å². The number of rotatable bonds is 8. The summed E-state index contributed by atoms with van der Waals surface area (Å²) in [7, 11) is 0.0338. The Bertz CT molecular complexity index is 2260. The third-order valence-corrected chi connectivity index (χ3v) is 14.2. The number of nitrogens with zero attached hydrogens (tertiary/aromatic N) is 5. The van der Waals surface area contributed by atoms with Gasteiger partial charge in [0.05, 0.1) is 42.1 Å². The first-order chi connectivity index (χ1) is 26.0. The number of hydrogen-bond acceptors (Lipinski definition) is 7. The van der Waals surface area contributed by atoms with Crippen LogP contribution in [0.5, 0.6) is 5.75 Å². The standard InChI is InChI=1S/C42H52N6O5S/c1-6-48-39(36(23-43-48)42(50)46-19-18-31-13-14-32(25-46)45(31)4)30-20-29-21-33(53-5)15-17-34(29)40-38(27-10-8-7-9-11-27)35-16-12-28(22-37(35)47(40)24-30)41(49)44-54(51,52)26(2)3/h12,15-17,20-23,26-27,31-32H,6-11,13-14,18-19,24-25H2,1-5H3,(H,44,49). The van der Waals surface area contributed by atoms with Crippen LogP contribution in [0.25, 0.3) is 33.8 Å². The number of benzene rings is 2. The van der Waals surface area contributed by atoms with Crippen molar-refractivity contribution >= 4 is 44.4 Å². The molecule has 1 saturated carbocycles. The number of likely N-dealkylation sites (N-methyl/N-ethyl adjacent to an activating group) is 1. The molecule has 2 aromatic heterocycles. The Morgan fingerprint density at radius 3 is 2.50 bits per heavy atom. The molecule has 3 aliphatic heterocycles. The Labute approximate surface area is 318 Å². The van der Waals surface area contributed by atoms with Crippen molar-refractivity contribution in [2.45, 2.75) is 108 Å². The van der Waals surface area contributed by atoms with Crippen LogP contribution in [0.15, 0.2) is 42.6 Å². The van der Waals surface area contributed by atoms with Crippen LogP contribution in [0.4, 0.5) is 0 Å². The Morgan fingerprint density at radius 1 is 0.981 bits per heavy atom. The normalized spacial score (nSPS) is 20.7. The Kier molecular flexibility index (Phi) is 9.71. The van der Waals surface area contributed by atoms with E-state index in [9.17, 15) is 18.0 Å². The van der Waals surface area contributed by atoms with Crippen LogP contribution in [0.1, 0.15) is 116 Å². The minimum atomic E-state index is -3.83. The van der Waals surface area contributed by atoms with Gasteiger partial charge in [-0.05, 0) is 119 Å². The van der Waals surface area contributed by atoms with Gasteiger partial charge >= 0.3 is 0 Å². The summed E-state index contributed by atoms with van der Waals surface area (Å²) >= 11 is 0. The number of aromatic nitrogens is 3. The molecular weight excluding hydrogens is 701 g/mol. The molecule has 0 spiro atoms. The second-order valence-corrected chi connectivity index (χ2v) is 18.1. The van der Waals surface area contributed by atoms with Gasteiger partial charge in [-0.1, -0.05) is 25.3 Å². The first kappa shape index (κ1) is 36.6. The first-order valence-corrected chi connectivity index (χ1v) is 21.2. The maximum atomic E-state index is 14.6. The summed E-state index contributed by atoms with van der Waals surface area (Å²) in [5.41, 5.74) is 7.86. The molecule has 2 amide bonds. The highest BCUT2D eigenvalue weighted by Gasteiger charge is 2.38. The highest BCUT2D eigenvalue weighted by molar-refractivity contribution is 7.90. The maximum Gasteiger partial charge on any atom is 0.264 e. The molecule has 8 rings (SSSR count). The molecule has 2 saturated heterocycles. The minimum absolute atomic E-state index is 0.00691. The molecule has 12 heteroatoms. The number of methoxy groups -OCH3 is 1. The Morgan fingerprint density at radius 2 is 1.76 bits per heavy atom. The quantitative estimate of drug-likeness (QED) is 0.208. The van der Waals surface area contributed by atoms with E-state index < -0.39 is 21.2 Å². The van der Waals surface area contributed by atoms with Gasteiger partial charge in [0, 0.05) is 53.7 Å². The predicted molar refractivity (Wildman–Crippen MR) is 212 cm³/mol. The lowest BCUT2D eigenvalue weighted by Crippen LogP contribution is -2.40. The zero-order valence-corrected chi connectivity index (χ0v) is 32.9. The number of hydrogen-bond donors (Lipinski definition) is 1. The van der Waals surface area contributed by atoms with Gasteiger partial charge in [0.2, 0.25) is 10.0 Å². The smallest absolute Gasteiger partial charge is 0.264 e. The van der Waals surface area contributed by atoms with E-state index in [-0.39, 0.29) is 11.5 Å². The van der Waals surface area contributed by atoms with E-state index in [4.69, 9.17) is 9.84 Å². The monoisotopic (exact) mass is 752 g/mol. The highest BCUT2D eigenvalue weighted by Crippen LogP contribution is 2.48. The number of aryl methyl sites for hydroxylation is 1. The van der Waals surface area contributed by atoms with Crippen molar-refractivity contribution in [3.63, 3.8) is 0 Å². The Hall–Kier alpha value is -4.42. The number of nitrogens with one attached hydrogen (secondary N) is 1. The van der Waals surface area contributed by atoms with Crippen LogP contribution in [0.3, 0.4) is 0 Å². The van der Waals surface area contributed by atoms with Crippen LogP contribution in [-0.2, 0) is 23.1 Å². The highest BCUT2D eigenvalue weighted by atomic mass is 32.2. The van der Waals surface area contributed by atoms with E-state index >= 15 is 0 Å². The van der Waals surface area contributed by atoms with Crippen LogP contribution >= 0.6 is 0 Å². The average molecular weight is 753 g/mol. The number of likely N-dealkylation sites (tertiary alicyclic amines) is 1. The second-order valence-electron chi connectivity index (χ2n) is 15.9. The first-order valence-electron chi connectivity index (χ1n) is 19.7. The summed E-state index contributed by atoms with van der Waals surface area (Å²) < 4.78 is 37.8. The third-order valence-electron chi connectivity index (χ3n) is 12.5. The molecule has 2 aromatic carbocycles. The number of sulfonamides is 1. The Balaban J connectivity index is 1.31. The van der Waals surface area contributed by atoms with Crippen molar-refractivity contribution in [3.05, 3.63) is 70.5 Å². The molecule has 286 valence electrons. The van der Waals surface area contributed by atoms with Crippen molar-refractivity contribution in [1.82, 2.24) is 28.9 Å². The van der Waals surface area contributed by atoms with Crippen LogP contribution in [0, 0.1) is 0 Å². The molecule has 54 heavy (non-hydrogen) atoms. The minimum Gasteiger partial charge on any atom is -0.497 e. The largest absolute Gasteiger partial charge is 0.497 e. The van der Waals surface area contributed by atoms with Gasteiger partial charge in [0.1, 0.15) is 5.75 Å². The van der Waals surface area contributed by atoms with E-state index in [1.54, 1.807) is 33.2 Å². The zero-order valence-electron chi connectivity index (χ0n) is 32.1. The van der Waals surface area contributed by atoms with E-state index in [1.165, 1.54) is 18.4 Å². The van der Waals surface area contributed by atoms with Crippen LogP contribution in [-0.4, -0.2) is 89.0 Å². The van der Waals surface area contributed by atoms with Crippen molar-refractivity contribution < 1.29 is 22.7 Å². The molecule has 2 bridgehead atoms. The van der Waals surface area contributed by atoms with E-state index in [2.05, 4.69) is 39.4 Å². The van der Waals surface area contributed by atoms with Crippen LogP contribution in [0.2, 0.25) is 0 Å². The number of allylic oxidation sites excluding steroid dienone is 1. The van der Waals surface area contributed by atoms with Gasteiger partial charge in [-0.15, -0.1) is 0 Å². The molecule has 0 radical (unpaired) electrons. The van der Waals surface area contributed by atoms with Gasteiger partial charge in [0.15, 0.2) is 0 Å². The van der Waals surface area contributed by atoms with E-state index in [0.717, 1.165) is 83.3 Å². The summed E-state index contributed by atoms with van der Waals surface area (Å²) in [5, 5.41) is 5.10. The lowest BCUT2D eigenvalue weighted by atomic mass is 9.81. The lowest BCUT2D eigenvalue weighted by Gasteiger charge is -2.26. The summed E-state index contributed by atoms with van der Waals surface area (Å²) in [6.07, 6.45) is 12.8. The lowest BCUT2D eigenvalue weighted by molar-refractivity contribution is 0.0739. The molecule has 1 N–H and O–H groups in total. The fourth-order valence-electron chi connectivity index (χ4n) is 9.42. The average Bonchev–Trinajstić information content (AvgIpc) is 3.77. The molecular formula is C42H52N6O5S. The number of ether oxygens (including phenoxy) is 1. The number of fused-ring (bicyclic) bond motifs is 7. The fourth-order valence-corrected chi connectivity index (χ4v) is 10.0. The molecule has 4 aromatic rings. The van der Waals surface area contributed by atoms with Crippen molar-refractivity contribution in [1.29, 1.82) is 0 Å². The summed E-state index contributed by atoms with van der Waals surface area (Å²) in [5.74, 6) is 0.420. The summed E-state index contributed by atoms with van der Waals surface area (Å²) in [4.78, 5) is 32.6. The van der Waals surface area contributed by atoms with Crippen molar-refractivity contribution in [3.8, 4) is 17.0 Å². The molecule has 5 heterocycles. The molecule has 2 atom stereocenters. The van der Waals surface area contributed by atoms with E-state index in [0.29, 0.717) is 49.7 Å².